The number of likely N-dealkylation sites (tertiary alicyclic amines) is 1. The maximum atomic E-state index is 13.0. The van der Waals surface area contributed by atoms with Crippen molar-refractivity contribution >= 4 is 17.6 Å². The van der Waals surface area contributed by atoms with Crippen molar-refractivity contribution in [1.82, 2.24) is 10.2 Å². The molecule has 0 aromatic heterocycles. The highest BCUT2D eigenvalue weighted by molar-refractivity contribution is 5.89. The van der Waals surface area contributed by atoms with Crippen molar-refractivity contribution in [3.63, 3.8) is 0 Å². The first-order valence-electron chi connectivity index (χ1n) is 9.56. The summed E-state index contributed by atoms with van der Waals surface area (Å²) in [5.74, 6) is 0.916. The molecule has 2 aliphatic rings. The first-order valence-corrected chi connectivity index (χ1v) is 9.56. The molecule has 4 rings (SSSR count). The molecule has 0 aliphatic carbocycles. The van der Waals surface area contributed by atoms with E-state index in [-0.39, 0.29) is 30.5 Å². The standard InChI is InChI=1S/C21H22FN3O4/c22-16-2-4-17(5-3-16)24-21(27)25-9-7-15(8-10-25)20(26)23-12-14-1-6-18-19(11-14)29-13-28-18/h1-6,11,15H,7-10,12-13H2,(H,23,26)(H,24,27). The van der Waals surface area contributed by atoms with Crippen LogP contribution in [0.5, 0.6) is 11.5 Å². The van der Waals surface area contributed by atoms with Crippen molar-refractivity contribution in [2.45, 2.75) is 19.4 Å². The number of carbonyl (C=O) groups is 2. The first-order chi connectivity index (χ1) is 14.1. The summed E-state index contributed by atoms with van der Waals surface area (Å²) in [4.78, 5) is 26.5. The fourth-order valence-electron chi connectivity index (χ4n) is 3.46. The van der Waals surface area contributed by atoms with Gasteiger partial charge in [-0.15, -0.1) is 0 Å². The lowest BCUT2D eigenvalue weighted by molar-refractivity contribution is -0.126. The quantitative estimate of drug-likeness (QED) is 0.828. The van der Waals surface area contributed by atoms with Crippen LogP contribution < -0.4 is 20.1 Å². The largest absolute Gasteiger partial charge is 0.454 e. The van der Waals surface area contributed by atoms with Crippen molar-refractivity contribution in [3.05, 3.63) is 53.8 Å². The van der Waals surface area contributed by atoms with Gasteiger partial charge in [-0.3, -0.25) is 4.79 Å². The molecular formula is C21H22FN3O4. The minimum Gasteiger partial charge on any atom is -0.454 e. The summed E-state index contributed by atoms with van der Waals surface area (Å²) in [6, 6.07) is 11.0. The van der Waals surface area contributed by atoms with E-state index in [4.69, 9.17) is 9.47 Å². The molecule has 29 heavy (non-hydrogen) atoms. The molecule has 0 spiro atoms. The Morgan fingerprint density at radius 3 is 2.52 bits per heavy atom. The number of fused-ring (bicyclic) bond motifs is 1. The summed E-state index contributed by atoms with van der Waals surface area (Å²) < 4.78 is 23.6. The number of rotatable bonds is 4. The lowest BCUT2D eigenvalue weighted by Crippen LogP contribution is -2.44. The molecule has 0 bridgehead atoms. The second-order valence-electron chi connectivity index (χ2n) is 7.10. The Morgan fingerprint density at radius 1 is 1.03 bits per heavy atom. The van der Waals surface area contributed by atoms with Gasteiger partial charge in [0.2, 0.25) is 12.7 Å². The Morgan fingerprint density at radius 2 is 1.76 bits per heavy atom. The molecule has 2 aromatic rings. The van der Waals surface area contributed by atoms with Gasteiger partial charge in [0.25, 0.3) is 0 Å². The van der Waals surface area contributed by atoms with E-state index in [9.17, 15) is 14.0 Å². The smallest absolute Gasteiger partial charge is 0.321 e. The number of carbonyl (C=O) groups excluding carboxylic acids is 2. The van der Waals surface area contributed by atoms with Gasteiger partial charge in [-0.2, -0.15) is 0 Å². The van der Waals surface area contributed by atoms with E-state index < -0.39 is 0 Å². The average Bonchev–Trinajstić information content (AvgIpc) is 3.21. The van der Waals surface area contributed by atoms with Gasteiger partial charge in [0.1, 0.15) is 5.82 Å². The van der Waals surface area contributed by atoms with Crippen LogP contribution in [-0.2, 0) is 11.3 Å². The molecule has 3 amide bonds. The van der Waals surface area contributed by atoms with Crippen LogP contribution in [0.4, 0.5) is 14.9 Å². The van der Waals surface area contributed by atoms with Crippen LogP contribution in [0.2, 0.25) is 0 Å². The van der Waals surface area contributed by atoms with Crippen LogP contribution in [0.25, 0.3) is 0 Å². The van der Waals surface area contributed by atoms with Crippen molar-refractivity contribution in [2.75, 3.05) is 25.2 Å². The number of nitrogens with zero attached hydrogens (tertiary/aromatic N) is 1. The zero-order chi connectivity index (χ0) is 20.2. The minimum absolute atomic E-state index is 0.0127. The topological polar surface area (TPSA) is 79.9 Å². The van der Waals surface area contributed by atoms with Crippen LogP contribution in [0.3, 0.4) is 0 Å². The second kappa shape index (κ2) is 8.38. The van der Waals surface area contributed by atoms with Gasteiger partial charge in [0.05, 0.1) is 0 Å². The Kier molecular flexibility index (Phi) is 5.50. The summed E-state index contributed by atoms with van der Waals surface area (Å²) in [5, 5.41) is 5.71. The maximum absolute atomic E-state index is 13.0. The highest BCUT2D eigenvalue weighted by atomic mass is 19.1. The molecule has 7 nitrogen and oxygen atoms in total. The number of benzene rings is 2. The third-order valence-corrected chi connectivity index (χ3v) is 5.15. The summed E-state index contributed by atoms with van der Waals surface area (Å²) in [7, 11) is 0. The monoisotopic (exact) mass is 399 g/mol. The minimum atomic E-state index is -0.351. The number of nitrogens with one attached hydrogen (secondary N) is 2. The highest BCUT2D eigenvalue weighted by Crippen LogP contribution is 2.32. The van der Waals surface area contributed by atoms with Crippen molar-refractivity contribution in [1.29, 1.82) is 0 Å². The Labute approximate surface area is 167 Å². The van der Waals surface area contributed by atoms with Gasteiger partial charge in [-0.05, 0) is 54.8 Å². The third-order valence-electron chi connectivity index (χ3n) is 5.15. The number of hydrogen-bond acceptors (Lipinski definition) is 4. The highest BCUT2D eigenvalue weighted by Gasteiger charge is 2.27. The summed E-state index contributed by atoms with van der Waals surface area (Å²) >= 11 is 0. The number of urea groups is 1. The van der Waals surface area contributed by atoms with Gasteiger partial charge in [-0.1, -0.05) is 6.07 Å². The van der Waals surface area contributed by atoms with Gasteiger partial charge >= 0.3 is 6.03 Å². The number of halogens is 1. The summed E-state index contributed by atoms with van der Waals surface area (Å²) in [6.45, 7) is 1.63. The maximum Gasteiger partial charge on any atom is 0.321 e. The zero-order valence-electron chi connectivity index (χ0n) is 15.8. The number of anilines is 1. The van der Waals surface area contributed by atoms with Crippen LogP contribution >= 0.6 is 0 Å². The van der Waals surface area contributed by atoms with Crippen LogP contribution in [0.1, 0.15) is 18.4 Å². The number of piperidine rings is 1. The molecule has 8 heteroatoms. The molecule has 2 aliphatic heterocycles. The van der Waals surface area contributed by atoms with Crippen LogP contribution in [0, 0.1) is 11.7 Å². The SMILES string of the molecule is O=C(NCc1ccc2c(c1)OCO2)C1CCN(C(=O)Nc2ccc(F)cc2)CC1. The van der Waals surface area contributed by atoms with E-state index in [1.807, 2.05) is 18.2 Å². The Bertz CT molecular complexity index is 895. The molecule has 0 atom stereocenters. The molecule has 0 unspecified atom stereocenters. The number of ether oxygens (including phenoxy) is 2. The molecule has 1 saturated heterocycles. The molecule has 0 saturated carbocycles. The van der Waals surface area contributed by atoms with E-state index in [0.717, 1.165) is 5.56 Å². The average molecular weight is 399 g/mol. The van der Waals surface area contributed by atoms with E-state index >= 15 is 0 Å². The van der Waals surface area contributed by atoms with Crippen molar-refractivity contribution < 1.29 is 23.5 Å². The zero-order valence-corrected chi connectivity index (χ0v) is 15.8. The van der Waals surface area contributed by atoms with Gasteiger partial charge < -0.3 is 25.0 Å². The second-order valence-corrected chi connectivity index (χ2v) is 7.10. The Balaban J connectivity index is 1.23. The van der Waals surface area contributed by atoms with Gasteiger partial charge in [0.15, 0.2) is 11.5 Å². The number of amides is 3. The van der Waals surface area contributed by atoms with Crippen molar-refractivity contribution in [3.8, 4) is 11.5 Å². The number of hydrogen-bond donors (Lipinski definition) is 2. The molecular weight excluding hydrogens is 377 g/mol. The van der Waals surface area contributed by atoms with E-state index in [0.29, 0.717) is 49.7 Å². The molecule has 0 radical (unpaired) electrons. The van der Waals surface area contributed by atoms with Crippen LogP contribution in [0.15, 0.2) is 42.5 Å². The lowest BCUT2D eigenvalue weighted by atomic mass is 9.96. The first kappa shape index (κ1) is 19.0. The van der Waals surface area contributed by atoms with E-state index in [2.05, 4.69) is 10.6 Å². The predicted octanol–water partition coefficient (Wildman–Crippen LogP) is 3.11. The van der Waals surface area contributed by atoms with Gasteiger partial charge in [0, 0.05) is 31.2 Å². The van der Waals surface area contributed by atoms with Gasteiger partial charge in [-0.25, -0.2) is 9.18 Å². The van der Waals surface area contributed by atoms with Crippen LogP contribution in [-0.4, -0.2) is 36.7 Å². The lowest BCUT2D eigenvalue weighted by Gasteiger charge is -2.31. The molecule has 2 N–H and O–H groups in total. The molecule has 1 fully saturated rings. The summed E-state index contributed by atoms with van der Waals surface area (Å²) in [6.07, 6.45) is 1.20. The molecule has 152 valence electrons. The predicted molar refractivity (Wildman–Crippen MR) is 104 cm³/mol. The summed E-state index contributed by atoms with van der Waals surface area (Å²) in [5.41, 5.74) is 1.48. The molecule has 2 aromatic carbocycles. The van der Waals surface area contributed by atoms with E-state index in [1.165, 1.54) is 24.3 Å². The fraction of sp³-hybridized carbons (Fsp3) is 0.333. The normalized spacial score (nSPS) is 15.8. The molecule has 2 heterocycles. The third kappa shape index (κ3) is 4.59. The fourth-order valence-corrected chi connectivity index (χ4v) is 3.46. The van der Waals surface area contributed by atoms with Crippen molar-refractivity contribution in [2.24, 2.45) is 5.92 Å². The Hall–Kier alpha value is -3.29. The van der Waals surface area contributed by atoms with E-state index in [1.54, 1.807) is 4.90 Å².